The van der Waals surface area contributed by atoms with Gasteiger partial charge in [0.2, 0.25) is 0 Å². The monoisotopic (exact) mass is 295 g/mol. The molecule has 0 amide bonds. The second-order valence-electron chi connectivity index (χ2n) is 7.49. The van der Waals surface area contributed by atoms with Crippen LogP contribution in [0.25, 0.3) is 0 Å². The first-order valence-electron chi connectivity index (χ1n) is 9.68. The molecule has 0 bridgehead atoms. The number of unbranched alkanes of at least 4 members (excludes halogenated alkanes) is 1. The maximum absolute atomic E-state index is 10.4. The van der Waals surface area contributed by atoms with Crippen molar-refractivity contribution in [3.8, 4) is 0 Å². The van der Waals surface area contributed by atoms with E-state index in [1.54, 1.807) is 0 Å². The first kappa shape index (κ1) is 17.3. The molecule has 2 heteroatoms. The van der Waals surface area contributed by atoms with E-state index in [9.17, 15) is 5.11 Å². The molecule has 0 aromatic carbocycles. The summed E-state index contributed by atoms with van der Waals surface area (Å²) in [4.78, 5) is 2.77. The van der Waals surface area contributed by atoms with Gasteiger partial charge >= 0.3 is 0 Å². The number of likely N-dealkylation sites (tertiary alicyclic amines) is 1. The molecule has 1 aliphatic carbocycles. The summed E-state index contributed by atoms with van der Waals surface area (Å²) in [6.07, 6.45) is 14.3. The number of aliphatic hydroxyl groups excluding tert-OH is 1. The van der Waals surface area contributed by atoms with E-state index in [0.717, 1.165) is 12.3 Å². The van der Waals surface area contributed by atoms with Crippen molar-refractivity contribution in [2.45, 2.75) is 96.6 Å². The van der Waals surface area contributed by atoms with Gasteiger partial charge in [-0.25, -0.2) is 0 Å². The minimum absolute atomic E-state index is 0.0277. The lowest BCUT2D eigenvalue weighted by Gasteiger charge is -2.45. The van der Waals surface area contributed by atoms with E-state index in [0.29, 0.717) is 12.0 Å². The van der Waals surface area contributed by atoms with Gasteiger partial charge in [-0.05, 0) is 44.6 Å². The minimum atomic E-state index is -0.0277. The second kappa shape index (κ2) is 9.15. The lowest BCUT2D eigenvalue weighted by Crippen LogP contribution is -2.50. The van der Waals surface area contributed by atoms with Crippen LogP contribution in [0.4, 0.5) is 0 Å². The van der Waals surface area contributed by atoms with E-state index in [-0.39, 0.29) is 6.10 Å². The zero-order valence-corrected chi connectivity index (χ0v) is 14.4. The average molecular weight is 296 g/mol. The fourth-order valence-corrected chi connectivity index (χ4v) is 4.57. The van der Waals surface area contributed by atoms with Gasteiger partial charge in [0, 0.05) is 18.5 Å². The Morgan fingerprint density at radius 1 is 1.05 bits per heavy atom. The second-order valence-corrected chi connectivity index (χ2v) is 7.49. The Morgan fingerprint density at radius 3 is 2.52 bits per heavy atom. The van der Waals surface area contributed by atoms with Gasteiger partial charge in [-0.3, -0.25) is 4.90 Å². The van der Waals surface area contributed by atoms with Crippen molar-refractivity contribution in [2.75, 3.05) is 13.1 Å². The standard InChI is InChI=1S/C19H37NO/c1-3-5-10-16(4-2)15-20-14-9-8-12-18(20)17-11-6-7-13-19(17)21/h16-19,21H,3-15H2,1-2H3. The topological polar surface area (TPSA) is 23.5 Å². The molecule has 0 aromatic heterocycles. The maximum atomic E-state index is 10.4. The fourth-order valence-electron chi connectivity index (χ4n) is 4.57. The lowest BCUT2D eigenvalue weighted by molar-refractivity contribution is -0.0114. The molecular weight excluding hydrogens is 258 g/mol. The third kappa shape index (κ3) is 4.96. The van der Waals surface area contributed by atoms with Crippen molar-refractivity contribution in [1.29, 1.82) is 0 Å². The van der Waals surface area contributed by atoms with E-state index in [1.807, 2.05) is 0 Å². The predicted molar refractivity (Wildman–Crippen MR) is 90.5 cm³/mol. The van der Waals surface area contributed by atoms with E-state index >= 15 is 0 Å². The summed E-state index contributed by atoms with van der Waals surface area (Å²) < 4.78 is 0. The SMILES string of the molecule is CCCCC(CC)CN1CCCCC1C1CCCCC1O. The molecule has 2 fully saturated rings. The molecule has 2 aliphatic rings. The third-order valence-corrected chi connectivity index (χ3v) is 5.98. The summed E-state index contributed by atoms with van der Waals surface area (Å²) in [6.45, 7) is 7.21. The third-order valence-electron chi connectivity index (χ3n) is 5.98. The van der Waals surface area contributed by atoms with Crippen LogP contribution in [0.3, 0.4) is 0 Å². The summed E-state index contributed by atoms with van der Waals surface area (Å²) in [6, 6.07) is 0.671. The van der Waals surface area contributed by atoms with Crippen molar-refractivity contribution in [2.24, 2.45) is 11.8 Å². The molecule has 21 heavy (non-hydrogen) atoms. The summed E-state index contributed by atoms with van der Waals surface area (Å²) in [7, 11) is 0. The van der Waals surface area contributed by atoms with Gasteiger partial charge < -0.3 is 5.11 Å². The van der Waals surface area contributed by atoms with Gasteiger partial charge in [0.15, 0.2) is 0 Å². The maximum Gasteiger partial charge on any atom is 0.0583 e. The molecule has 1 saturated heterocycles. The highest BCUT2D eigenvalue weighted by molar-refractivity contribution is 4.89. The van der Waals surface area contributed by atoms with E-state index in [1.165, 1.54) is 77.3 Å². The van der Waals surface area contributed by atoms with Crippen LogP contribution in [0.5, 0.6) is 0 Å². The lowest BCUT2D eigenvalue weighted by atomic mass is 9.77. The van der Waals surface area contributed by atoms with E-state index in [4.69, 9.17) is 0 Å². The highest BCUT2D eigenvalue weighted by atomic mass is 16.3. The molecule has 1 aliphatic heterocycles. The largest absolute Gasteiger partial charge is 0.393 e. The van der Waals surface area contributed by atoms with Gasteiger partial charge in [0.05, 0.1) is 6.10 Å². The van der Waals surface area contributed by atoms with Crippen LogP contribution in [0, 0.1) is 11.8 Å². The summed E-state index contributed by atoms with van der Waals surface area (Å²) in [5.41, 5.74) is 0. The molecule has 124 valence electrons. The van der Waals surface area contributed by atoms with Crippen LogP contribution in [0.2, 0.25) is 0 Å². The van der Waals surface area contributed by atoms with Crippen LogP contribution < -0.4 is 0 Å². The molecule has 2 rings (SSSR count). The molecule has 0 spiro atoms. The summed E-state index contributed by atoms with van der Waals surface area (Å²) in [5.74, 6) is 1.43. The van der Waals surface area contributed by atoms with E-state index in [2.05, 4.69) is 18.7 Å². The van der Waals surface area contributed by atoms with Crippen molar-refractivity contribution in [3.63, 3.8) is 0 Å². The van der Waals surface area contributed by atoms with Crippen molar-refractivity contribution < 1.29 is 5.11 Å². The average Bonchev–Trinajstić information content (AvgIpc) is 2.52. The zero-order valence-electron chi connectivity index (χ0n) is 14.4. The minimum Gasteiger partial charge on any atom is -0.393 e. The Morgan fingerprint density at radius 2 is 1.81 bits per heavy atom. The van der Waals surface area contributed by atoms with Crippen molar-refractivity contribution >= 4 is 0 Å². The van der Waals surface area contributed by atoms with Crippen LogP contribution in [0.1, 0.15) is 84.5 Å². The Kier molecular flexibility index (Phi) is 7.53. The molecular formula is C19H37NO. The number of piperidine rings is 1. The Balaban J connectivity index is 1.94. The number of aliphatic hydroxyl groups is 1. The molecule has 0 aromatic rings. The Bertz CT molecular complexity index is 281. The van der Waals surface area contributed by atoms with Gasteiger partial charge in [0.25, 0.3) is 0 Å². The summed E-state index contributed by atoms with van der Waals surface area (Å²) >= 11 is 0. The summed E-state index contributed by atoms with van der Waals surface area (Å²) in [5, 5.41) is 10.4. The highest BCUT2D eigenvalue weighted by Gasteiger charge is 2.35. The Hall–Kier alpha value is -0.0800. The van der Waals surface area contributed by atoms with Gasteiger partial charge in [-0.15, -0.1) is 0 Å². The quantitative estimate of drug-likeness (QED) is 0.741. The van der Waals surface area contributed by atoms with Crippen molar-refractivity contribution in [3.05, 3.63) is 0 Å². The van der Waals surface area contributed by atoms with Gasteiger partial charge in [-0.2, -0.15) is 0 Å². The van der Waals surface area contributed by atoms with Crippen LogP contribution in [0.15, 0.2) is 0 Å². The number of hydrogen-bond donors (Lipinski definition) is 1. The van der Waals surface area contributed by atoms with E-state index < -0.39 is 0 Å². The van der Waals surface area contributed by atoms with Crippen LogP contribution >= 0.6 is 0 Å². The van der Waals surface area contributed by atoms with Gasteiger partial charge in [0.1, 0.15) is 0 Å². The zero-order chi connectivity index (χ0) is 15.1. The molecule has 1 saturated carbocycles. The predicted octanol–water partition coefficient (Wildman–Crippen LogP) is 4.61. The highest BCUT2D eigenvalue weighted by Crippen LogP contribution is 2.34. The van der Waals surface area contributed by atoms with Crippen molar-refractivity contribution in [1.82, 2.24) is 4.90 Å². The molecule has 1 heterocycles. The number of nitrogens with zero attached hydrogens (tertiary/aromatic N) is 1. The first-order valence-corrected chi connectivity index (χ1v) is 9.68. The van der Waals surface area contributed by atoms with Crippen LogP contribution in [-0.2, 0) is 0 Å². The first-order chi connectivity index (χ1) is 10.3. The number of rotatable bonds is 7. The Labute approximate surface area is 132 Å². The molecule has 4 unspecified atom stereocenters. The van der Waals surface area contributed by atoms with Gasteiger partial charge in [-0.1, -0.05) is 52.4 Å². The normalized spacial score (nSPS) is 33.0. The molecule has 1 N–H and O–H groups in total. The molecule has 4 atom stereocenters. The number of hydrogen-bond acceptors (Lipinski definition) is 2. The fraction of sp³-hybridized carbons (Fsp3) is 1.00. The van der Waals surface area contributed by atoms with Crippen LogP contribution in [-0.4, -0.2) is 35.2 Å². The molecule has 2 nitrogen and oxygen atoms in total. The molecule has 0 radical (unpaired) electrons. The smallest absolute Gasteiger partial charge is 0.0583 e.